The molecule has 0 atom stereocenters. The molecule has 1 radical (unpaired) electrons. The molecule has 0 bridgehead atoms. The molecule has 0 aliphatic carbocycles. The summed E-state index contributed by atoms with van der Waals surface area (Å²) in [5.41, 5.74) is 1.84. The SMILES string of the molecule is [c]1csc2ncsc12. The molecule has 2 rings (SSSR count). The van der Waals surface area contributed by atoms with Gasteiger partial charge in [0.2, 0.25) is 0 Å². The minimum Gasteiger partial charge on any atom is -0.234 e. The average Bonchev–Trinajstić information content (AvgIpc) is 2.15. The summed E-state index contributed by atoms with van der Waals surface area (Å²) in [6, 6.07) is 3.07. The van der Waals surface area contributed by atoms with Crippen molar-refractivity contribution in [3.63, 3.8) is 0 Å². The second-order valence-corrected chi connectivity index (χ2v) is 3.08. The first-order chi connectivity index (χ1) is 3.97. The maximum absolute atomic E-state index is 4.08. The second-order valence-electron chi connectivity index (χ2n) is 1.37. The molecule has 0 aliphatic heterocycles. The Kier molecular flexibility index (Phi) is 0.856. The zero-order chi connectivity index (χ0) is 5.40. The molecule has 0 N–H and O–H groups in total. The van der Waals surface area contributed by atoms with Crippen molar-refractivity contribution in [1.82, 2.24) is 4.98 Å². The first-order valence-corrected chi connectivity index (χ1v) is 3.91. The number of fused-ring (bicyclic) bond motifs is 1. The van der Waals surface area contributed by atoms with E-state index in [2.05, 4.69) is 11.1 Å². The number of thiophene rings is 1. The lowest BCUT2D eigenvalue weighted by atomic mass is 10.6. The summed E-state index contributed by atoms with van der Waals surface area (Å²) in [6.07, 6.45) is 0. The number of aromatic nitrogens is 1. The molecule has 0 spiro atoms. The quantitative estimate of drug-likeness (QED) is 0.546. The standard InChI is InChI=1S/C5H2NS2/c1-2-7-5-4(1)8-3-6-5/h2-3H. The average molecular weight is 140 g/mol. The van der Waals surface area contributed by atoms with Crippen LogP contribution in [0.3, 0.4) is 0 Å². The first kappa shape index (κ1) is 4.47. The van der Waals surface area contributed by atoms with E-state index in [1.165, 1.54) is 4.70 Å². The van der Waals surface area contributed by atoms with Crippen LogP contribution in [-0.4, -0.2) is 4.98 Å². The highest BCUT2D eigenvalue weighted by Gasteiger charge is 1.93. The van der Waals surface area contributed by atoms with Gasteiger partial charge >= 0.3 is 0 Å². The Balaban J connectivity index is 3.06. The summed E-state index contributed by atoms with van der Waals surface area (Å²) in [7, 11) is 0. The van der Waals surface area contributed by atoms with Crippen LogP contribution in [0.25, 0.3) is 9.53 Å². The van der Waals surface area contributed by atoms with Gasteiger partial charge in [-0.15, -0.1) is 22.7 Å². The molecule has 2 heterocycles. The minimum absolute atomic E-state index is 1.11. The Morgan fingerprint density at radius 1 is 1.50 bits per heavy atom. The smallest absolute Gasteiger partial charge is 0.134 e. The van der Waals surface area contributed by atoms with Crippen molar-refractivity contribution in [2.75, 3.05) is 0 Å². The van der Waals surface area contributed by atoms with Crippen LogP contribution in [0.1, 0.15) is 0 Å². The van der Waals surface area contributed by atoms with E-state index in [4.69, 9.17) is 0 Å². The third kappa shape index (κ3) is 0.485. The van der Waals surface area contributed by atoms with Crippen LogP contribution in [0, 0.1) is 6.07 Å². The summed E-state index contributed by atoms with van der Waals surface area (Å²) in [5.74, 6) is 0. The Labute approximate surface area is 54.6 Å². The van der Waals surface area contributed by atoms with Gasteiger partial charge in [0.05, 0.1) is 10.2 Å². The van der Waals surface area contributed by atoms with Gasteiger partial charge in [-0.05, 0) is 0 Å². The van der Waals surface area contributed by atoms with Crippen molar-refractivity contribution in [3.05, 3.63) is 17.0 Å². The lowest BCUT2D eigenvalue weighted by Gasteiger charge is -1.61. The number of nitrogens with zero attached hydrogens (tertiary/aromatic N) is 1. The normalized spacial score (nSPS) is 10.5. The van der Waals surface area contributed by atoms with Crippen LogP contribution in [0.4, 0.5) is 0 Å². The van der Waals surface area contributed by atoms with E-state index in [0.29, 0.717) is 0 Å². The summed E-state index contributed by atoms with van der Waals surface area (Å²) >= 11 is 3.28. The largest absolute Gasteiger partial charge is 0.234 e. The monoisotopic (exact) mass is 140 g/mol. The van der Waals surface area contributed by atoms with Gasteiger partial charge in [-0.2, -0.15) is 0 Å². The maximum atomic E-state index is 4.08. The summed E-state index contributed by atoms with van der Waals surface area (Å²) in [5, 5.41) is 1.94. The fourth-order valence-corrected chi connectivity index (χ4v) is 2.10. The molecule has 3 heteroatoms. The van der Waals surface area contributed by atoms with Crippen LogP contribution >= 0.6 is 22.7 Å². The van der Waals surface area contributed by atoms with E-state index in [0.717, 1.165) is 4.83 Å². The van der Waals surface area contributed by atoms with Crippen molar-refractivity contribution < 1.29 is 0 Å². The van der Waals surface area contributed by atoms with Crippen molar-refractivity contribution in [2.45, 2.75) is 0 Å². The first-order valence-electron chi connectivity index (χ1n) is 2.15. The molecule has 2 aromatic rings. The number of rotatable bonds is 0. The molecule has 2 aromatic heterocycles. The van der Waals surface area contributed by atoms with Crippen molar-refractivity contribution >= 4 is 32.2 Å². The van der Waals surface area contributed by atoms with Crippen LogP contribution in [0.5, 0.6) is 0 Å². The molecule has 39 valence electrons. The van der Waals surface area contributed by atoms with E-state index >= 15 is 0 Å². The van der Waals surface area contributed by atoms with E-state index < -0.39 is 0 Å². The van der Waals surface area contributed by atoms with Gasteiger partial charge in [0.25, 0.3) is 0 Å². The van der Waals surface area contributed by atoms with Crippen LogP contribution in [0.15, 0.2) is 10.9 Å². The Hall–Kier alpha value is -0.410. The molecule has 0 unspecified atom stereocenters. The molecule has 0 aliphatic rings. The predicted molar refractivity (Wildman–Crippen MR) is 36.3 cm³/mol. The third-order valence-corrected chi connectivity index (χ3v) is 2.55. The van der Waals surface area contributed by atoms with E-state index in [-0.39, 0.29) is 0 Å². The highest BCUT2D eigenvalue weighted by Crippen LogP contribution is 2.21. The lowest BCUT2D eigenvalue weighted by Crippen LogP contribution is -1.46. The fourth-order valence-electron chi connectivity index (χ4n) is 0.554. The fraction of sp³-hybridized carbons (Fsp3) is 0. The highest BCUT2D eigenvalue weighted by atomic mass is 32.1. The lowest BCUT2D eigenvalue weighted by molar-refractivity contribution is 1.54. The predicted octanol–water partition coefficient (Wildman–Crippen LogP) is 2.16. The highest BCUT2D eigenvalue weighted by molar-refractivity contribution is 7.25. The zero-order valence-electron chi connectivity index (χ0n) is 3.92. The van der Waals surface area contributed by atoms with Gasteiger partial charge in [-0.1, -0.05) is 0 Å². The Morgan fingerprint density at radius 3 is 3.38 bits per heavy atom. The van der Waals surface area contributed by atoms with Gasteiger partial charge in [-0.3, -0.25) is 0 Å². The van der Waals surface area contributed by atoms with Crippen LogP contribution in [0.2, 0.25) is 0 Å². The number of hydrogen-bond donors (Lipinski definition) is 0. The van der Waals surface area contributed by atoms with Crippen LogP contribution in [-0.2, 0) is 0 Å². The molecular formula is C5H2NS2. The molecule has 0 amide bonds. The molecule has 0 aromatic carbocycles. The van der Waals surface area contributed by atoms with Gasteiger partial charge in [0.1, 0.15) is 4.83 Å². The molecule has 8 heavy (non-hydrogen) atoms. The number of hydrogen-bond acceptors (Lipinski definition) is 3. The maximum Gasteiger partial charge on any atom is 0.134 e. The van der Waals surface area contributed by atoms with Gasteiger partial charge in [-0.25, -0.2) is 4.98 Å². The zero-order valence-corrected chi connectivity index (χ0v) is 5.55. The molecular weight excluding hydrogens is 138 g/mol. The van der Waals surface area contributed by atoms with Crippen molar-refractivity contribution in [2.24, 2.45) is 0 Å². The molecule has 0 saturated heterocycles. The van der Waals surface area contributed by atoms with Gasteiger partial charge < -0.3 is 0 Å². The van der Waals surface area contributed by atoms with E-state index in [1.807, 2.05) is 10.9 Å². The molecule has 1 nitrogen and oxygen atoms in total. The van der Waals surface area contributed by atoms with E-state index in [1.54, 1.807) is 22.7 Å². The summed E-state index contributed by atoms with van der Waals surface area (Å²) in [4.78, 5) is 5.19. The summed E-state index contributed by atoms with van der Waals surface area (Å²) in [6.45, 7) is 0. The Bertz CT molecular complexity index is 232. The summed E-state index contributed by atoms with van der Waals surface area (Å²) < 4.78 is 1.18. The second kappa shape index (κ2) is 1.53. The Morgan fingerprint density at radius 2 is 2.50 bits per heavy atom. The van der Waals surface area contributed by atoms with Gasteiger partial charge in [0, 0.05) is 11.4 Å². The van der Waals surface area contributed by atoms with Crippen LogP contribution < -0.4 is 0 Å². The van der Waals surface area contributed by atoms with Gasteiger partial charge in [0.15, 0.2) is 0 Å². The van der Waals surface area contributed by atoms with Crippen molar-refractivity contribution in [1.29, 1.82) is 0 Å². The third-order valence-electron chi connectivity index (χ3n) is 0.895. The molecule has 0 saturated carbocycles. The van der Waals surface area contributed by atoms with Crippen molar-refractivity contribution in [3.8, 4) is 0 Å². The van der Waals surface area contributed by atoms with E-state index in [9.17, 15) is 0 Å². The number of thiazole rings is 1. The molecule has 0 fully saturated rings. The topological polar surface area (TPSA) is 12.9 Å². The minimum atomic E-state index is 1.11.